The lowest BCUT2D eigenvalue weighted by Gasteiger charge is -2.39. The van der Waals surface area contributed by atoms with E-state index in [4.69, 9.17) is 5.73 Å². The van der Waals surface area contributed by atoms with Crippen LogP contribution in [-0.2, 0) is 0 Å². The van der Waals surface area contributed by atoms with Gasteiger partial charge in [0.05, 0.1) is 6.04 Å². The van der Waals surface area contributed by atoms with E-state index in [0.29, 0.717) is 12.1 Å². The summed E-state index contributed by atoms with van der Waals surface area (Å²) in [5, 5.41) is 2.17. The Labute approximate surface area is 109 Å². The standard InChI is InChI=1S/C12H17BrN2S/c13-8-6-11(16-7-8)12-10(14)2-1-5-15(12)9-3-4-9/h6-7,9-10,12H,1-5,14H2. The van der Waals surface area contributed by atoms with Crippen LogP contribution in [0.25, 0.3) is 0 Å². The number of nitrogens with two attached hydrogens (primary N) is 1. The van der Waals surface area contributed by atoms with Crippen LogP contribution in [0.1, 0.15) is 36.6 Å². The van der Waals surface area contributed by atoms with E-state index in [9.17, 15) is 0 Å². The molecule has 1 aromatic heterocycles. The second kappa shape index (κ2) is 4.41. The van der Waals surface area contributed by atoms with E-state index in [1.807, 2.05) is 11.3 Å². The number of hydrogen-bond donors (Lipinski definition) is 1. The summed E-state index contributed by atoms with van der Waals surface area (Å²) >= 11 is 5.38. The predicted octanol–water partition coefficient (Wildman–Crippen LogP) is 3.14. The van der Waals surface area contributed by atoms with Crippen LogP contribution in [0.5, 0.6) is 0 Å². The van der Waals surface area contributed by atoms with Crippen LogP contribution < -0.4 is 5.73 Å². The van der Waals surface area contributed by atoms with E-state index in [2.05, 4.69) is 32.3 Å². The van der Waals surface area contributed by atoms with Crippen LogP contribution in [0.2, 0.25) is 0 Å². The fourth-order valence-corrected chi connectivity index (χ4v) is 4.37. The monoisotopic (exact) mass is 300 g/mol. The molecule has 2 nitrogen and oxygen atoms in total. The highest BCUT2D eigenvalue weighted by Gasteiger charge is 2.39. The van der Waals surface area contributed by atoms with Crippen molar-refractivity contribution in [1.29, 1.82) is 0 Å². The molecule has 2 atom stereocenters. The predicted molar refractivity (Wildman–Crippen MR) is 71.7 cm³/mol. The topological polar surface area (TPSA) is 29.3 Å². The Morgan fingerprint density at radius 1 is 1.38 bits per heavy atom. The summed E-state index contributed by atoms with van der Waals surface area (Å²) in [7, 11) is 0. The molecule has 0 bridgehead atoms. The summed E-state index contributed by atoms with van der Waals surface area (Å²) in [6.07, 6.45) is 5.18. The minimum Gasteiger partial charge on any atom is -0.326 e. The Hall–Kier alpha value is 0.1000. The molecule has 2 heterocycles. The minimum atomic E-state index is 0.319. The molecule has 88 valence electrons. The van der Waals surface area contributed by atoms with Crippen LogP contribution in [-0.4, -0.2) is 23.5 Å². The molecule has 4 heteroatoms. The fraction of sp³-hybridized carbons (Fsp3) is 0.667. The van der Waals surface area contributed by atoms with Gasteiger partial charge in [-0.05, 0) is 54.2 Å². The van der Waals surface area contributed by atoms with Gasteiger partial charge in [-0.25, -0.2) is 0 Å². The molecule has 1 aliphatic heterocycles. The number of likely N-dealkylation sites (tertiary alicyclic amines) is 1. The zero-order valence-corrected chi connectivity index (χ0v) is 11.6. The second-order valence-corrected chi connectivity index (χ2v) is 6.75. The third-order valence-corrected chi connectivity index (χ3v) is 5.38. The molecule has 1 saturated heterocycles. The van der Waals surface area contributed by atoms with Gasteiger partial charge in [-0.15, -0.1) is 11.3 Å². The number of nitrogens with zero attached hydrogens (tertiary/aromatic N) is 1. The summed E-state index contributed by atoms with van der Waals surface area (Å²) in [5.41, 5.74) is 6.33. The maximum atomic E-state index is 6.33. The molecular formula is C12H17BrN2S. The lowest BCUT2D eigenvalue weighted by atomic mass is 9.95. The van der Waals surface area contributed by atoms with Crippen molar-refractivity contribution in [2.75, 3.05) is 6.54 Å². The quantitative estimate of drug-likeness (QED) is 0.909. The van der Waals surface area contributed by atoms with Gasteiger partial charge in [0.25, 0.3) is 0 Å². The van der Waals surface area contributed by atoms with Gasteiger partial charge in [-0.3, -0.25) is 4.90 Å². The Morgan fingerprint density at radius 3 is 2.81 bits per heavy atom. The zero-order valence-electron chi connectivity index (χ0n) is 9.23. The minimum absolute atomic E-state index is 0.319. The first kappa shape index (κ1) is 11.2. The Kier molecular flexibility index (Phi) is 3.09. The molecule has 0 aromatic carbocycles. The highest BCUT2D eigenvalue weighted by atomic mass is 79.9. The SMILES string of the molecule is NC1CCCN(C2CC2)C1c1cc(Br)cs1. The molecule has 1 aliphatic carbocycles. The second-order valence-electron chi connectivity index (χ2n) is 4.89. The summed E-state index contributed by atoms with van der Waals surface area (Å²) in [6, 6.07) is 3.85. The van der Waals surface area contributed by atoms with Gasteiger partial charge in [0.1, 0.15) is 0 Å². The first-order chi connectivity index (χ1) is 7.75. The molecule has 2 aliphatic rings. The van der Waals surface area contributed by atoms with Crippen molar-refractivity contribution < 1.29 is 0 Å². The molecule has 2 fully saturated rings. The molecule has 16 heavy (non-hydrogen) atoms. The van der Waals surface area contributed by atoms with Crippen molar-refractivity contribution in [3.63, 3.8) is 0 Å². The average molecular weight is 301 g/mol. The third kappa shape index (κ3) is 2.08. The molecule has 2 unspecified atom stereocenters. The molecule has 1 saturated carbocycles. The summed E-state index contributed by atoms with van der Waals surface area (Å²) in [5.74, 6) is 0. The van der Waals surface area contributed by atoms with Crippen molar-refractivity contribution in [1.82, 2.24) is 4.90 Å². The van der Waals surface area contributed by atoms with Crippen LogP contribution in [0, 0.1) is 0 Å². The molecular weight excluding hydrogens is 284 g/mol. The van der Waals surface area contributed by atoms with Crippen LogP contribution in [0.4, 0.5) is 0 Å². The van der Waals surface area contributed by atoms with Gasteiger partial charge in [0, 0.05) is 26.8 Å². The van der Waals surface area contributed by atoms with Gasteiger partial charge in [0.2, 0.25) is 0 Å². The van der Waals surface area contributed by atoms with Crippen LogP contribution >= 0.6 is 27.3 Å². The van der Waals surface area contributed by atoms with E-state index >= 15 is 0 Å². The number of hydrogen-bond acceptors (Lipinski definition) is 3. The Morgan fingerprint density at radius 2 is 2.19 bits per heavy atom. The fourth-order valence-electron chi connectivity index (χ4n) is 2.73. The molecule has 0 spiro atoms. The van der Waals surface area contributed by atoms with Gasteiger partial charge >= 0.3 is 0 Å². The molecule has 0 amide bonds. The van der Waals surface area contributed by atoms with E-state index in [1.54, 1.807) is 0 Å². The smallest absolute Gasteiger partial charge is 0.0596 e. The van der Waals surface area contributed by atoms with Crippen molar-refractivity contribution in [2.45, 2.75) is 43.8 Å². The van der Waals surface area contributed by atoms with E-state index in [0.717, 1.165) is 6.04 Å². The first-order valence-corrected chi connectivity index (χ1v) is 7.68. The third-order valence-electron chi connectivity index (χ3n) is 3.61. The van der Waals surface area contributed by atoms with Crippen molar-refractivity contribution in [3.05, 3.63) is 20.8 Å². The van der Waals surface area contributed by atoms with Gasteiger partial charge < -0.3 is 5.73 Å². The average Bonchev–Trinajstić information content (AvgIpc) is 3.02. The van der Waals surface area contributed by atoms with Gasteiger partial charge in [-0.2, -0.15) is 0 Å². The number of rotatable bonds is 2. The van der Waals surface area contributed by atoms with Crippen molar-refractivity contribution in [2.24, 2.45) is 5.73 Å². The highest BCUT2D eigenvalue weighted by molar-refractivity contribution is 9.10. The number of piperidine rings is 1. The summed E-state index contributed by atoms with van der Waals surface area (Å²) in [4.78, 5) is 4.08. The maximum absolute atomic E-state index is 6.33. The summed E-state index contributed by atoms with van der Waals surface area (Å²) < 4.78 is 1.20. The normalized spacial score (nSPS) is 31.9. The zero-order chi connectivity index (χ0) is 11.1. The lowest BCUT2D eigenvalue weighted by Crippen LogP contribution is -2.46. The van der Waals surface area contributed by atoms with Crippen LogP contribution in [0.3, 0.4) is 0 Å². The van der Waals surface area contributed by atoms with E-state index in [-0.39, 0.29) is 0 Å². The van der Waals surface area contributed by atoms with E-state index in [1.165, 1.54) is 41.6 Å². The van der Waals surface area contributed by atoms with Gasteiger partial charge in [0.15, 0.2) is 0 Å². The van der Waals surface area contributed by atoms with Crippen molar-refractivity contribution >= 4 is 27.3 Å². The van der Waals surface area contributed by atoms with Crippen LogP contribution in [0.15, 0.2) is 15.9 Å². The molecule has 0 radical (unpaired) electrons. The molecule has 3 rings (SSSR count). The summed E-state index contributed by atoms with van der Waals surface area (Å²) in [6.45, 7) is 1.23. The lowest BCUT2D eigenvalue weighted by molar-refractivity contribution is 0.122. The number of thiophene rings is 1. The largest absolute Gasteiger partial charge is 0.326 e. The molecule has 2 N–H and O–H groups in total. The van der Waals surface area contributed by atoms with E-state index < -0.39 is 0 Å². The van der Waals surface area contributed by atoms with Gasteiger partial charge in [-0.1, -0.05) is 0 Å². The highest BCUT2D eigenvalue weighted by Crippen LogP contribution is 2.41. The Balaban J connectivity index is 1.87. The molecule has 1 aromatic rings. The van der Waals surface area contributed by atoms with Crippen molar-refractivity contribution in [3.8, 4) is 0 Å². The first-order valence-electron chi connectivity index (χ1n) is 6.01. The Bertz CT molecular complexity index is 375. The number of halogens is 1. The maximum Gasteiger partial charge on any atom is 0.0596 e.